The van der Waals surface area contributed by atoms with Gasteiger partial charge in [-0.2, -0.15) is 0 Å². The van der Waals surface area contributed by atoms with Crippen LogP contribution in [0.4, 0.5) is 0 Å². The first-order valence-corrected chi connectivity index (χ1v) is 9.83. The average Bonchev–Trinajstić information content (AvgIpc) is 2.70. The number of ether oxygens (including phenoxy) is 2. The van der Waals surface area contributed by atoms with Crippen LogP contribution in [0, 0.1) is 12.3 Å². The van der Waals surface area contributed by atoms with E-state index in [1.54, 1.807) is 14.2 Å². The van der Waals surface area contributed by atoms with E-state index in [0.717, 1.165) is 37.6 Å². The highest BCUT2D eigenvalue weighted by molar-refractivity contribution is 5.54. The molecule has 28 heavy (non-hydrogen) atoms. The van der Waals surface area contributed by atoms with Gasteiger partial charge in [-0.05, 0) is 54.8 Å². The number of aryl methyl sites for hydroxylation is 1. The molecule has 1 heterocycles. The van der Waals surface area contributed by atoms with Gasteiger partial charge in [0.2, 0.25) is 0 Å². The third-order valence-corrected chi connectivity index (χ3v) is 5.63. The van der Waals surface area contributed by atoms with E-state index >= 15 is 0 Å². The lowest BCUT2D eigenvalue weighted by Gasteiger charge is -2.34. The zero-order valence-corrected chi connectivity index (χ0v) is 17.1. The summed E-state index contributed by atoms with van der Waals surface area (Å²) in [4.78, 5) is 2.46. The van der Waals surface area contributed by atoms with E-state index in [-0.39, 0.29) is 12.0 Å². The van der Waals surface area contributed by atoms with Gasteiger partial charge in [-0.1, -0.05) is 29.8 Å². The first-order chi connectivity index (χ1) is 13.5. The number of benzene rings is 2. The molecule has 150 valence electrons. The standard InChI is InChI=1S/C23H31N3O2/c1-16-5-4-6-18(11-16)20(21(25)7-9-24)15-26-10-8-17-12-22(27-2)23(28-3)13-19(17)14-26/h4-6,9,11-13,20-21,24H,7-8,10,14-15,25H2,1-3H3/t20-,21-/m1/s1. The van der Waals surface area contributed by atoms with Gasteiger partial charge >= 0.3 is 0 Å². The lowest BCUT2D eigenvalue weighted by Crippen LogP contribution is -2.40. The minimum Gasteiger partial charge on any atom is -0.493 e. The number of hydrogen-bond acceptors (Lipinski definition) is 5. The van der Waals surface area contributed by atoms with Gasteiger partial charge in [0, 0.05) is 31.6 Å². The quantitative estimate of drug-likeness (QED) is 0.686. The van der Waals surface area contributed by atoms with Crippen LogP contribution >= 0.6 is 0 Å². The summed E-state index contributed by atoms with van der Waals surface area (Å²) in [6.45, 7) is 4.85. The normalized spacial score (nSPS) is 16.1. The molecule has 0 aromatic heterocycles. The molecule has 0 saturated heterocycles. The van der Waals surface area contributed by atoms with Crippen molar-refractivity contribution in [3.63, 3.8) is 0 Å². The second-order valence-corrected chi connectivity index (χ2v) is 7.59. The maximum atomic E-state index is 7.49. The van der Waals surface area contributed by atoms with Crippen LogP contribution in [-0.4, -0.2) is 44.5 Å². The molecule has 3 rings (SSSR count). The number of nitrogens with two attached hydrogens (primary N) is 1. The SMILES string of the molecule is COc1cc2c(cc1OC)CN(C[C@H](c1cccc(C)c1)[C@H](N)CC=N)CC2. The summed E-state index contributed by atoms with van der Waals surface area (Å²) in [7, 11) is 3.35. The largest absolute Gasteiger partial charge is 0.493 e. The molecule has 2 aromatic rings. The highest BCUT2D eigenvalue weighted by atomic mass is 16.5. The molecule has 0 amide bonds. The van der Waals surface area contributed by atoms with E-state index in [9.17, 15) is 0 Å². The van der Waals surface area contributed by atoms with Crippen LogP contribution in [0.25, 0.3) is 0 Å². The Morgan fingerprint density at radius 3 is 2.50 bits per heavy atom. The summed E-state index contributed by atoms with van der Waals surface area (Å²) in [5, 5.41) is 7.49. The third-order valence-electron chi connectivity index (χ3n) is 5.63. The summed E-state index contributed by atoms with van der Waals surface area (Å²) < 4.78 is 10.9. The highest BCUT2D eigenvalue weighted by Crippen LogP contribution is 2.34. The second kappa shape index (κ2) is 9.22. The Kier molecular flexibility index (Phi) is 6.70. The van der Waals surface area contributed by atoms with Crippen molar-refractivity contribution < 1.29 is 9.47 Å². The van der Waals surface area contributed by atoms with Crippen LogP contribution in [0.5, 0.6) is 11.5 Å². The number of methoxy groups -OCH3 is 2. The van der Waals surface area contributed by atoms with Crippen molar-refractivity contribution in [2.24, 2.45) is 5.73 Å². The molecular weight excluding hydrogens is 350 g/mol. The summed E-state index contributed by atoms with van der Waals surface area (Å²) in [5.74, 6) is 1.77. The molecule has 1 aliphatic rings. The van der Waals surface area contributed by atoms with Gasteiger partial charge in [0.25, 0.3) is 0 Å². The Labute approximate surface area is 168 Å². The lowest BCUT2D eigenvalue weighted by molar-refractivity contribution is 0.227. The Balaban J connectivity index is 1.81. The van der Waals surface area contributed by atoms with Crippen LogP contribution in [-0.2, 0) is 13.0 Å². The molecular formula is C23H31N3O2. The molecule has 2 aromatic carbocycles. The first kappa shape index (κ1) is 20.4. The monoisotopic (exact) mass is 381 g/mol. The third kappa shape index (κ3) is 4.54. The predicted molar refractivity (Wildman–Crippen MR) is 114 cm³/mol. The fraction of sp³-hybridized carbons (Fsp3) is 0.435. The molecule has 5 heteroatoms. The first-order valence-electron chi connectivity index (χ1n) is 9.83. The van der Waals surface area contributed by atoms with Gasteiger partial charge in [-0.15, -0.1) is 0 Å². The van der Waals surface area contributed by atoms with E-state index in [1.807, 2.05) is 0 Å². The maximum absolute atomic E-state index is 7.49. The number of nitrogens with zero attached hydrogens (tertiary/aromatic N) is 1. The van der Waals surface area contributed by atoms with E-state index in [4.69, 9.17) is 20.6 Å². The van der Waals surface area contributed by atoms with Gasteiger partial charge in [-0.25, -0.2) is 0 Å². The summed E-state index contributed by atoms with van der Waals surface area (Å²) >= 11 is 0. The van der Waals surface area contributed by atoms with E-state index in [2.05, 4.69) is 48.2 Å². The van der Waals surface area contributed by atoms with Gasteiger partial charge in [0.05, 0.1) is 14.2 Å². The molecule has 0 spiro atoms. The van der Waals surface area contributed by atoms with Crippen molar-refractivity contribution in [2.75, 3.05) is 27.3 Å². The summed E-state index contributed by atoms with van der Waals surface area (Å²) in [6.07, 6.45) is 3.00. The average molecular weight is 382 g/mol. The molecule has 2 atom stereocenters. The van der Waals surface area contributed by atoms with Crippen molar-refractivity contribution in [3.05, 3.63) is 58.7 Å². The molecule has 0 fully saturated rings. The zero-order chi connectivity index (χ0) is 20.1. The van der Waals surface area contributed by atoms with Gasteiger partial charge in [0.15, 0.2) is 11.5 Å². The summed E-state index contributed by atoms with van der Waals surface area (Å²) in [6, 6.07) is 12.7. The summed E-state index contributed by atoms with van der Waals surface area (Å²) in [5.41, 5.74) is 11.6. The highest BCUT2D eigenvalue weighted by Gasteiger charge is 2.26. The van der Waals surface area contributed by atoms with Crippen molar-refractivity contribution in [2.45, 2.75) is 38.3 Å². The van der Waals surface area contributed by atoms with Gasteiger partial charge < -0.3 is 20.6 Å². The maximum Gasteiger partial charge on any atom is 0.161 e. The Morgan fingerprint density at radius 2 is 1.86 bits per heavy atom. The van der Waals surface area contributed by atoms with Crippen LogP contribution in [0.2, 0.25) is 0 Å². The fourth-order valence-corrected chi connectivity index (χ4v) is 4.06. The molecule has 0 unspecified atom stereocenters. The number of nitrogens with one attached hydrogen (secondary N) is 1. The van der Waals surface area contributed by atoms with Crippen LogP contribution in [0.3, 0.4) is 0 Å². The smallest absolute Gasteiger partial charge is 0.161 e. The zero-order valence-electron chi connectivity index (χ0n) is 17.1. The molecule has 0 radical (unpaired) electrons. The molecule has 0 saturated carbocycles. The Bertz CT molecular complexity index is 821. The van der Waals surface area contributed by atoms with Crippen LogP contribution in [0.1, 0.15) is 34.6 Å². The number of rotatable bonds is 8. The minimum atomic E-state index is -0.0638. The Hall–Kier alpha value is -2.37. The van der Waals surface area contributed by atoms with Gasteiger partial charge in [0.1, 0.15) is 0 Å². The van der Waals surface area contributed by atoms with Crippen molar-refractivity contribution in [1.82, 2.24) is 4.90 Å². The number of hydrogen-bond donors (Lipinski definition) is 2. The van der Waals surface area contributed by atoms with E-state index < -0.39 is 0 Å². The molecule has 0 aliphatic carbocycles. The molecule has 1 aliphatic heterocycles. The van der Waals surface area contributed by atoms with Crippen molar-refractivity contribution >= 4 is 6.21 Å². The van der Waals surface area contributed by atoms with E-state index in [0.29, 0.717) is 6.42 Å². The predicted octanol–water partition coefficient (Wildman–Crippen LogP) is 3.52. The Morgan fingerprint density at radius 1 is 1.14 bits per heavy atom. The molecule has 0 bridgehead atoms. The van der Waals surface area contributed by atoms with Crippen LogP contribution in [0.15, 0.2) is 36.4 Å². The second-order valence-electron chi connectivity index (χ2n) is 7.59. The number of fused-ring (bicyclic) bond motifs is 1. The molecule has 3 N–H and O–H groups in total. The van der Waals surface area contributed by atoms with Crippen molar-refractivity contribution in [1.29, 1.82) is 5.41 Å². The van der Waals surface area contributed by atoms with Crippen LogP contribution < -0.4 is 15.2 Å². The van der Waals surface area contributed by atoms with Gasteiger partial charge in [-0.3, -0.25) is 4.90 Å². The van der Waals surface area contributed by atoms with E-state index in [1.165, 1.54) is 28.5 Å². The lowest BCUT2D eigenvalue weighted by atomic mass is 9.88. The molecule has 5 nitrogen and oxygen atoms in total. The fourth-order valence-electron chi connectivity index (χ4n) is 4.06. The minimum absolute atomic E-state index is 0.0638. The van der Waals surface area contributed by atoms with Crippen molar-refractivity contribution in [3.8, 4) is 11.5 Å². The topological polar surface area (TPSA) is 71.6 Å².